The Morgan fingerprint density at radius 3 is 1.62 bits per heavy atom. The molecule has 0 fully saturated rings. The number of hydrogen-bond donors (Lipinski definition) is 0. The van der Waals surface area contributed by atoms with Gasteiger partial charge in [0.25, 0.3) is 0 Å². The quantitative estimate of drug-likeness (QED) is 0.102. The van der Waals surface area contributed by atoms with Gasteiger partial charge in [-0.2, -0.15) is 0 Å². The molecule has 0 unspecified atom stereocenters. The van der Waals surface area contributed by atoms with Crippen molar-refractivity contribution in [3.8, 4) is 56.0 Å². The van der Waals surface area contributed by atoms with Gasteiger partial charge in [-0.05, 0) is 133 Å². The average Bonchev–Trinajstić information content (AvgIpc) is 3.70. The van der Waals surface area contributed by atoms with Crippen molar-refractivity contribution in [3.05, 3.63) is 244 Å². The Bertz CT molecular complexity index is 3620. The molecule has 9 aromatic rings. The fraction of sp³-hybridized carbons (Fsp3) is 0.271. The Balaban J connectivity index is 0.00000792. The molecule has 0 aliphatic heterocycles. The molecule has 10 rings (SSSR count). The number of pyridine rings is 3. The van der Waals surface area contributed by atoms with Crippen molar-refractivity contribution in [1.29, 1.82) is 0 Å². The molecular formula is C70H68IrN3. The minimum absolute atomic E-state index is 0. The summed E-state index contributed by atoms with van der Waals surface area (Å²) in [6, 6.07) is 58.7. The van der Waals surface area contributed by atoms with Crippen LogP contribution in [0.15, 0.2) is 170 Å². The number of fused-ring (bicyclic) bond motifs is 3. The van der Waals surface area contributed by atoms with Crippen molar-refractivity contribution >= 4 is 0 Å². The summed E-state index contributed by atoms with van der Waals surface area (Å²) in [4.78, 5) is 14.7. The second-order valence-electron chi connectivity index (χ2n) is 22.9. The molecule has 74 heavy (non-hydrogen) atoms. The van der Waals surface area contributed by atoms with Gasteiger partial charge in [0.2, 0.25) is 0 Å². The Morgan fingerprint density at radius 1 is 0.514 bits per heavy atom. The number of aryl methyl sites for hydroxylation is 3. The number of nitrogens with zero attached hydrogens (tertiary/aromatic N) is 3. The van der Waals surface area contributed by atoms with Crippen LogP contribution in [0.4, 0.5) is 0 Å². The third-order valence-electron chi connectivity index (χ3n) is 14.5. The van der Waals surface area contributed by atoms with Crippen LogP contribution in [0, 0.1) is 30.5 Å². The van der Waals surface area contributed by atoms with Crippen molar-refractivity contribution in [2.45, 2.75) is 117 Å². The second kappa shape index (κ2) is 21.0. The van der Waals surface area contributed by atoms with Gasteiger partial charge in [-0.3, -0.25) is 0 Å². The molecule has 0 bridgehead atoms. The number of rotatable bonds is 14. The van der Waals surface area contributed by atoms with Gasteiger partial charge in [0.1, 0.15) is 0 Å². The smallest absolute Gasteiger partial charge is 0.304 e. The Morgan fingerprint density at radius 2 is 1.07 bits per heavy atom. The van der Waals surface area contributed by atoms with Gasteiger partial charge >= 0.3 is 20.1 Å². The Hall–Kier alpha value is -6.58. The van der Waals surface area contributed by atoms with Crippen molar-refractivity contribution in [1.82, 2.24) is 15.0 Å². The summed E-state index contributed by atoms with van der Waals surface area (Å²) >= 11 is 0. The van der Waals surface area contributed by atoms with Crippen LogP contribution >= 0.6 is 0 Å². The molecule has 0 radical (unpaired) electrons. The van der Waals surface area contributed by atoms with Gasteiger partial charge < -0.3 is 15.0 Å². The minimum atomic E-state index is -2.78. The molecule has 0 N–H and O–H groups in total. The SMILES string of the molecule is [2H]C([2H])([2H])c1ccccc1-c1cc(-c2[c-]c3c(c(CC(C)(C)C)c2)-c2ccccc2C3(C)C)ncc1C([2H])([2H])C([2H])([2H])c1cc(CC(C)(C)c2ccc(-c3[c-]cccc3)nc2)cc(CC(C)(C)c2ccc(-c3[c-]cccc3)nc2)c1.[Ir+3]. The van der Waals surface area contributed by atoms with E-state index in [0.717, 1.165) is 62.3 Å². The van der Waals surface area contributed by atoms with Crippen LogP contribution in [0.3, 0.4) is 0 Å². The first-order chi connectivity index (χ1) is 37.6. The van der Waals surface area contributed by atoms with Crippen LogP contribution in [-0.2, 0) is 68.4 Å². The molecule has 0 saturated carbocycles. The van der Waals surface area contributed by atoms with E-state index in [4.69, 9.17) is 19.1 Å². The maximum atomic E-state index is 10.2. The fourth-order valence-electron chi connectivity index (χ4n) is 10.7. The Kier molecular flexibility index (Phi) is 12.4. The fourth-order valence-corrected chi connectivity index (χ4v) is 10.7. The molecule has 3 nitrogen and oxygen atoms in total. The van der Waals surface area contributed by atoms with Gasteiger partial charge in [0.05, 0.1) is 0 Å². The first-order valence-electron chi connectivity index (χ1n) is 29.0. The predicted octanol–water partition coefficient (Wildman–Crippen LogP) is 17.0. The molecule has 0 spiro atoms. The van der Waals surface area contributed by atoms with Crippen LogP contribution in [0.1, 0.15) is 128 Å². The van der Waals surface area contributed by atoms with Crippen molar-refractivity contribution in [2.75, 3.05) is 0 Å². The molecule has 0 amide bonds. The molecule has 0 saturated heterocycles. The van der Waals surface area contributed by atoms with Crippen LogP contribution < -0.4 is 0 Å². The van der Waals surface area contributed by atoms with Crippen LogP contribution in [0.25, 0.3) is 56.0 Å². The second-order valence-corrected chi connectivity index (χ2v) is 22.9. The third-order valence-corrected chi connectivity index (χ3v) is 14.5. The summed E-state index contributed by atoms with van der Waals surface area (Å²) in [5.74, 6) is 0. The van der Waals surface area contributed by atoms with E-state index in [2.05, 4.69) is 129 Å². The topological polar surface area (TPSA) is 38.7 Å². The first kappa shape index (κ1) is 43.8. The largest absolute Gasteiger partial charge is 3.00 e. The molecule has 1 aliphatic carbocycles. The summed E-state index contributed by atoms with van der Waals surface area (Å²) in [7, 11) is 0. The third kappa shape index (κ3) is 11.1. The van der Waals surface area contributed by atoms with Crippen molar-refractivity contribution in [3.63, 3.8) is 0 Å². The average molecular weight is 1150 g/mol. The number of hydrogen-bond acceptors (Lipinski definition) is 3. The summed E-state index contributed by atoms with van der Waals surface area (Å²) in [6.07, 6.45) is 1.48. The normalized spacial score (nSPS) is 15.0. The predicted molar refractivity (Wildman–Crippen MR) is 304 cm³/mol. The molecule has 3 aromatic heterocycles. The Labute approximate surface area is 465 Å². The molecule has 1 aliphatic rings. The van der Waals surface area contributed by atoms with E-state index >= 15 is 0 Å². The zero-order chi connectivity index (χ0) is 57.2. The van der Waals surface area contributed by atoms with E-state index in [0.29, 0.717) is 24.1 Å². The van der Waals surface area contributed by atoms with Gasteiger partial charge in [-0.25, -0.2) is 0 Å². The summed E-state index contributed by atoms with van der Waals surface area (Å²) in [5.41, 5.74) is 13.2. The molecule has 4 heteroatoms. The maximum absolute atomic E-state index is 10.2. The van der Waals surface area contributed by atoms with E-state index in [1.165, 1.54) is 22.9 Å². The molecule has 0 atom stereocenters. The van der Waals surface area contributed by atoms with E-state index < -0.39 is 30.4 Å². The molecule has 3 heterocycles. The van der Waals surface area contributed by atoms with Gasteiger partial charge in [0, 0.05) is 28.2 Å². The van der Waals surface area contributed by atoms with Crippen LogP contribution in [-0.4, -0.2) is 15.0 Å². The molecule has 6 aromatic carbocycles. The van der Waals surface area contributed by atoms with Crippen molar-refractivity contribution in [2.24, 2.45) is 5.41 Å². The maximum Gasteiger partial charge on any atom is 3.00 e. The summed E-state index contributed by atoms with van der Waals surface area (Å²) in [6.45, 7) is 17.1. The van der Waals surface area contributed by atoms with E-state index in [1.807, 2.05) is 73.1 Å². The number of benzene rings is 6. The standard InChI is InChI=1S/C70H68N3.Ir/c1-47-21-17-18-26-58(47)60-40-65(54-38-55(43-67(2,3)4)66-59-27-19-20-28-61(59)70(9,10)62(66)39-54)71-44-53(60)30-29-48-35-49(41-68(5,6)56-31-33-63(72-45-56)51-22-13-11-14-23-51)37-50(36-48)42-69(7,8)57-32-34-64(73-46-57)52-24-15-12-16-25-52;/h11-22,24,26-28,31-38,40,44-46H,29-30,41-43H2,1-10H3;/q-3;+3/i1D3,29D2,30D2;. The van der Waals surface area contributed by atoms with E-state index in [-0.39, 0.29) is 58.8 Å². The van der Waals surface area contributed by atoms with E-state index in [1.54, 1.807) is 42.5 Å². The number of aromatic nitrogens is 3. The van der Waals surface area contributed by atoms with Gasteiger partial charge in [0.15, 0.2) is 0 Å². The van der Waals surface area contributed by atoms with Crippen LogP contribution in [0.5, 0.6) is 0 Å². The molecular weight excluding hydrogens is 1080 g/mol. The monoisotopic (exact) mass is 1150 g/mol. The van der Waals surface area contributed by atoms with E-state index in [9.17, 15) is 5.48 Å². The summed E-state index contributed by atoms with van der Waals surface area (Å²) < 4.78 is 66.9. The first-order valence-corrected chi connectivity index (χ1v) is 25.5. The van der Waals surface area contributed by atoms with Gasteiger partial charge in [-0.1, -0.05) is 171 Å². The zero-order valence-electron chi connectivity index (χ0n) is 51.0. The summed E-state index contributed by atoms with van der Waals surface area (Å²) in [5, 5.41) is 0. The van der Waals surface area contributed by atoms with Crippen molar-refractivity contribution < 1.29 is 29.7 Å². The minimum Gasteiger partial charge on any atom is -0.304 e. The zero-order valence-corrected chi connectivity index (χ0v) is 46.4. The van der Waals surface area contributed by atoms with Gasteiger partial charge in [-0.15, -0.1) is 101 Å². The molecule has 372 valence electrons. The van der Waals surface area contributed by atoms with Crippen LogP contribution in [0.2, 0.25) is 0 Å².